The molecule has 1 aromatic rings. The van der Waals surface area contributed by atoms with E-state index in [1.807, 2.05) is 19.9 Å². The first-order valence-electron chi connectivity index (χ1n) is 13.5. The van der Waals surface area contributed by atoms with Gasteiger partial charge < -0.3 is 14.6 Å². The maximum atomic E-state index is 14.0. The lowest BCUT2D eigenvalue weighted by molar-refractivity contribution is -0.159. The highest BCUT2D eigenvalue weighted by molar-refractivity contribution is 6.05. The lowest BCUT2D eigenvalue weighted by Crippen LogP contribution is -2.53. The highest BCUT2D eigenvalue weighted by atomic mass is 16.6. The van der Waals surface area contributed by atoms with Crippen molar-refractivity contribution >= 4 is 29.5 Å². The van der Waals surface area contributed by atoms with Crippen LogP contribution in [0.25, 0.3) is 0 Å². The number of hydrogen-bond acceptors (Lipinski definition) is 8. The van der Waals surface area contributed by atoms with Crippen molar-refractivity contribution < 1.29 is 38.6 Å². The molecule has 0 saturated carbocycles. The van der Waals surface area contributed by atoms with Gasteiger partial charge in [0.15, 0.2) is 17.7 Å². The zero-order valence-electron chi connectivity index (χ0n) is 23.6. The van der Waals surface area contributed by atoms with Crippen LogP contribution in [0.1, 0.15) is 72.3 Å². The average molecular weight is 544 g/mol. The summed E-state index contributed by atoms with van der Waals surface area (Å²) in [6.45, 7) is 8.42. The molecule has 0 bridgehead atoms. The van der Waals surface area contributed by atoms with E-state index in [0.717, 1.165) is 36.8 Å². The van der Waals surface area contributed by atoms with Gasteiger partial charge in [0.05, 0.1) is 12.0 Å². The number of aliphatic hydroxyl groups is 1. The third kappa shape index (κ3) is 9.13. The predicted octanol–water partition coefficient (Wildman–Crippen LogP) is 4.20. The number of ether oxygens (including phenoxy) is 2. The molecule has 1 aromatic carbocycles. The Balaban J connectivity index is 2.38. The van der Waals surface area contributed by atoms with Crippen molar-refractivity contribution in [2.75, 3.05) is 6.61 Å². The molecule has 39 heavy (non-hydrogen) atoms. The third-order valence-electron chi connectivity index (χ3n) is 6.73. The molecule has 2 amide bonds. The van der Waals surface area contributed by atoms with E-state index in [4.69, 9.17) is 14.6 Å². The number of aliphatic hydroxyl groups excluding tert-OH is 1. The number of hydrogen-bond donors (Lipinski definition) is 1. The van der Waals surface area contributed by atoms with Gasteiger partial charge in [0, 0.05) is 20.0 Å². The van der Waals surface area contributed by atoms with Crippen LogP contribution in [-0.2, 0) is 35.1 Å². The summed E-state index contributed by atoms with van der Waals surface area (Å²) < 4.78 is 10.9. The highest BCUT2D eigenvalue weighted by Crippen LogP contribution is 2.36. The molecule has 9 nitrogen and oxygen atoms in total. The first kappa shape index (κ1) is 31.9. The predicted molar refractivity (Wildman–Crippen MR) is 145 cm³/mol. The van der Waals surface area contributed by atoms with Crippen molar-refractivity contribution in [3.8, 4) is 0 Å². The van der Waals surface area contributed by atoms with E-state index >= 15 is 0 Å². The molecule has 0 spiro atoms. The second-order valence-electron chi connectivity index (χ2n) is 10.8. The first-order valence-corrected chi connectivity index (χ1v) is 13.5. The van der Waals surface area contributed by atoms with Crippen LogP contribution in [0, 0.1) is 11.8 Å². The van der Waals surface area contributed by atoms with Crippen molar-refractivity contribution in [1.29, 1.82) is 0 Å². The molecule has 0 radical (unpaired) electrons. The maximum absolute atomic E-state index is 14.0. The molecule has 1 aliphatic heterocycles. The van der Waals surface area contributed by atoms with Crippen LogP contribution in [0.5, 0.6) is 0 Å². The number of unbranched alkanes of at least 4 members (excludes halogenated alkanes) is 3. The molecular formula is C30H41NO8. The van der Waals surface area contributed by atoms with E-state index < -0.39 is 47.4 Å². The minimum atomic E-state index is -1.55. The largest absolute Gasteiger partial charge is 0.453 e. The van der Waals surface area contributed by atoms with E-state index in [1.165, 1.54) is 0 Å². The Labute approximate surface area is 230 Å². The van der Waals surface area contributed by atoms with E-state index in [-0.39, 0.29) is 31.1 Å². The van der Waals surface area contributed by atoms with Crippen molar-refractivity contribution in [1.82, 2.24) is 4.90 Å². The molecule has 1 saturated heterocycles. The third-order valence-corrected chi connectivity index (χ3v) is 6.73. The van der Waals surface area contributed by atoms with Gasteiger partial charge in [-0.1, -0.05) is 57.0 Å². The number of benzene rings is 1. The van der Waals surface area contributed by atoms with Crippen molar-refractivity contribution in [3.63, 3.8) is 0 Å². The number of allylic oxidation sites excluding steroid dienone is 1. The standard InChI is InChI=1S/C30H41NO8/c1-20(2)27-30(4,5)39-29(37)31(27)28(36)24(19-22-13-9-8-10-14-22)26(38-21(3)33)25(35)17-16-23(34)15-11-6-7-12-18-32/h8-10,13-14,16-17,20,24,26-27,32H,6-7,11-12,15,18-19H2,1-5H3/b17-16+/t24-,26+,27?/m0/s1. The van der Waals surface area contributed by atoms with Gasteiger partial charge in [-0.3, -0.25) is 19.2 Å². The molecule has 214 valence electrons. The molecular weight excluding hydrogens is 502 g/mol. The molecule has 1 aliphatic rings. The Hall–Kier alpha value is -3.33. The summed E-state index contributed by atoms with van der Waals surface area (Å²) in [4.78, 5) is 65.7. The topological polar surface area (TPSA) is 127 Å². The van der Waals surface area contributed by atoms with Crippen molar-refractivity contribution in [2.45, 2.75) is 90.9 Å². The van der Waals surface area contributed by atoms with Gasteiger partial charge in [-0.25, -0.2) is 9.69 Å². The quantitative estimate of drug-likeness (QED) is 0.198. The Kier molecular flexibility index (Phi) is 12.0. The summed E-state index contributed by atoms with van der Waals surface area (Å²) in [5.41, 5.74) is -0.250. The summed E-state index contributed by atoms with van der Waals surface area (Å²) in [6.07, 6.45) is 2.92. The van der Waals surface area contributed by atoms with Crippen LogP contribution in [0.2, 0.25) is 0 Å². The molecule has 0 aliphatic carbocycles. The van der Waals surface area contributed by atoms with Crippen LogP contribution in [-0.4, -0.2) is 63.9 Å². The maximum Gasteiger partial charge on any atom is 0.417 e. The van der Waals surface area contributed by atoms with Gasteiger partial charge in [0.1, 0.15) is 5.60 Å². The molecule has 2 rings (SSSR count). The number of imide groups is 1. The summed E-state index contributed by atoms with van der Waals surface area (Å²) in [5.74, 6) is -3.83. The van der Waals surface area contributed by atoms with Crippen LogP contribution in [0.15, 0.2) is 42.5 Å². The summed E-state index contributed by atoms with van der Waals surface area (Å²) in [5, 5.41) is 8.86. The lowest BCUT2D eigenvalue weighted by atomic mass is 9.85. The Morgan fingerprint density at radius 2 is 1.69 bits per heavy atom. The smallest absolute Gasteiger partial charge is 0.417 e. The highest BCUT2D eigenvalue weighted by Gasteiger charge is 2.54. The average Bonchev–Trinajstić information content (AvgIpc) is 3.12. The van der Waals surface area contributed by atoms with Gasteiger partial charge in [0.2, 0.25) is 5.91 Å². The molecule has 9 heteroatoms. The number of carbonyl (C=O) groups excluding carboxylic acids is 5. The molecule has 1 heterocycles. The normalized spacial score (nSPS) is 18.2. The van der Waals surface area contributed by atoms with Crippen LogP contribution < -0.4 is 0 Å². The lowest BCUT2D eigenvalue weighted by Gasteiger charge is -2.34. The van der Waals surface area contributed by atoms with Gasteiger partial charge in [-0.15, -0.1) is 0 Å². The van der Waals surface area contributed by atoms with Crippen LogP contribution in [0.4, 0.5) is 4.79 Å². The van der Waals surface area contributed by atoms with Crippen molar-refractivity contribution in [2.24, 2.45) is 11.8 Å². The zero-order chi connectivity index (χ0) is 29.2. The van der Waals surface area contributed by atoms with E-state index in [9.17, 15) is 24.0 Å². The minimum Gasteiger partial charge on any atom is -0.453 e. The Bertz CT molecular complexity index is 1050. The SMILES string of the molecule is CC(=O)O[C@@H](C(=O)/C=C/C(=O)CCCCCCO)[C@H](Cc1ccccc1)C(=O)N1C(=O)OC(C)(C)C1C(C)C. The monoisotopic (exact) mass is 543 g/mol. The summed E-state index contributed by atoms with van der Waals surface area (Å²) in [6, 6.07) is 8.32. The van der Waals surface area contributed by atoms with Crippen LogP contribution in [0.3, 0.4) is 0 Å². The first-order chi connectivity index (χ1) is 18.4. The molecule has 1 fully saturated rings. The number of rotatable bonds is 15. The number of nitrogens with zero attached hydrogens (tertiary/aromatic N) is 1. The zero-order valence-corrected chi connectivity index (χ0v) is 23.6. The van der Waals surface area contributed by atoms with Gasteiger partial charge >= 0.3 is 12.1 Å². The molecule has 3 atom stereocenters. The van der Waals surface area contributed by atoms with E-state index in [0.29, 0.717) is 18.4 Å². The number of esters is 1. The number of amides is 2. The Morgan fingerprint density at radius 1 is 1.05 bits per heavy atom. The summed E-state index contributed by atoms with van der Waals surface area (Å²) in [7, 11) is 0. The Morgan fingerprint density at radius 3 is 2.28 bits per heavy atom. The van der Waals surface area contributed by atoms with Crippen LogP contribution >= 0.6 is 0 Å². The fraction of sp³-hybridized carbons (Fsp3) is 0.567. The second-order valence-corrected chi connectivity index (χ2v) is 10.8. The van der Waals surface area contributed by atoms with Gasteiger partial charge in [-0.2, -0.15) is 0 Å². The molecule has 1 N–H and O–H groups in total. The second kappa shape index (κ2) is 14.7. The minimum absolute atomic E-state index is 0.0189. The van der Waals surface area contributed by atoms with Gasteiger partial charge in [-0.05, 0) is 56.7 Å². The van der Waals surface area contributed by atoms with Gasteiger partial charge in [0.25, 0.3) is 0 Å². The molecule has 1 unspecified atom stereocenters. The number of carbonyl (C=O) groups is 5. The van der Waals surface area contributed by atoms with E-state index in [2.05, 4.69) is 0 Å². The summed E-state index contributed by atoms with van der Waals surface area (Å²) >= 11 is 0. The fourth-order valence-electron chi connectivity index (χ4n) is 5.09. The number of cyclic esters (lactones) is 1. The fourth-order valence-corrected chi connectivity index (χ4v) is 5.09. The number of ketones is 2. The van der Waals surface area contributed by atoms with E-state index in [1.54, 1.807) is 38.1 Å². The molecule has 0 aromatic heterocycles. The van der Waals surface area contributed by atoms with Crippen molar-refractivity contribution in [3.05, 3.63) is 48.0 Å².